The summed E-state index contributed by atoms with van der Waals surface area (Å²) in [6.45, 7) is 5.97. The van der Waals surface area contributed by atoms with Crippen molar-refractivity contribution in [3.8, 4) is 0 Å². The molecule has 0 unspecified atom stereocenters. The number of rotatable bonds is 1. The summed E-state index contributed by atoms with van der Waals surface area (Å²) in [6.07, 6.45) is 3.10. The van der Waals surface area contributed by atoms with Gasteiger partial charge in [-0.2, -0.15) is 0 Å². The second kappa shape index (κ2) is 5.29. The average Bonchev–Trinajstić information content (AvgIpc) is 2.48. The van der Waals surface area contributed by atoms with Gasteiger partial charge >= 0.3 is 0 Å². The fraction of sp³-hybridized carbons (Fsp3) is 0.400. The molecule has 0 spiro atoms. The van der Waals surface area contributed by atoms with Gasteiger partial charge in [-0.3, -0.25) is 14.0 Å². The number of carbonyl (C=O) groups excluding carboxylic acids is 1. The van der Waals surface area contributed by atoms with Crippen LogP contribution in [0.25, 0.3) is 5.65 Å². The zero-order valence-corrected chi connectivity index (χ0v) is 12.2. The number of carbonyl (C=O) groups is 1. The third kappa shape index (κ3) is 2.42. The van der Waals surface area contributed by atoms with Crippen molar-refractivity contribution in [2.45, 2.75) is 19.9 Å². The molecule has 1 N–H and O–H groups in total. The van der Waals surface area contributed by atoms with Crippen LogP contribution in [-0.4, -0.2) is 45.9 Å². The van der Waals surface area contributed by atoms with Crippen molar-refractivity contribution in [1.29, 1.82) is 0 Å². The van der Waals surface area contributed by atoms with Crippen molar-refractivity contribution in [3.63, 3.8) is 0 Å². The van der Waals surface area contributed by atoms with E-state index in [0.29, 0.717) is 12.2 Å². The van der Waals surface area contributed by atoms with Gasteiger partial charge in [-0.1, -0.05) is 6.07 Å². The minimum atomic E-state index is -0.306. The van der Waals surface area contributed by atoms with Gasteiger partial charge in [-0.15, -0.1) is 0 Å². The summed E-state index contributed by atoms with van der Waals surface area (Å²) in [4.78, 5) is 31.1. The third-order valence-corrected chi connectivity index (χ3v) is 3.84. The Morgan fingerprint density at radius 1 is 1.43 bits per heavy atom. The number of piperazine rings is 1. The summed E-state index contributed by atoms with van der Waals surface area (Å²) in [7, 11) is 0. The molecule has 2 aromatic heterocycles. The summed E-state index contributed by atoms with van der Waals surface area (Å²) in [5.74, 6) is -0.239. The van der Waals surface area contributed by atoms with Crippen LogP contribution in [0.5, 0.6) is 0 Å². The highest BCUT2D eigenvalue weighted by Gasteiger charge is 2.26. The van der Waals surface area contributed by atoms with Gasteiger partial charge in [-0.05, 0) is 25.5 Å². The van der Waals surface area contributed by atoms with E-state index in [0.717, 1.165) is 18.7 Å². The maximum atomic E-state index is 12.6. The van der Waals surface area contributed by atoms with Gasteiger partial charge < -0.3 is 10.2 Å². The highest BCUT2D eigenvalue weighted by molar-refractivity contribution is 5.94. The van der Waals surface area contributed by atoms with Crippen molar-refractivity contribution in [2.24, 2.45) is 0 Å². The fourth-order valence-corrected chi connectivity index (χ4v) is 2.63. The molecule has 1 atom stereocenters. The highest BCUT2D eigenvalue weighted by Crippen LogP contribution is 2.08. The quantitative estimate of drug-likeness (QED) is 0.826. The first-order chi connectivity index (χ1) is 10.1. The molecule has 1 aliphatic rings. The van der Waals surface area contributed by atoms with Crippen molar-refractivity contribution < 1.29 is 4.79 Å². The summed E-state index contributed by atoms with van der Waals surface area (Å²) < 4.78 is 1.44. The molecule has 1 amide bonds. The number of fused-ring (bicyclic) bond motifs is 1. The lowest BCUT2D eigenvalue weighted by Gasteiger charge is -2.33. The van der Waals surface area contributed by atoms with Crippen molar-refractivity contribution in [3.05, 3.63) is 46.0 Å². The number of hydrogen-bond donors (Lipinski definition) is 1. The molecule has 6 heteroatoms. The van der Waals surface area contributed by atoms with Gasteiger partial charge in [0.25, 0.3) is 11.5 Å². The first-order valence-corrected chi connectivity index (χ1v) is 7.07. The molecule has 1 saturated heterocycles. The molecule has 2 aromatic rings. The number of aromatic nitrogens is 2. The highest BCUT2D eigenvalue weighted by atomic mass is 16.2. The molecule has 110 valence electrons. The molecular weight excluding hydrogens is 268 g/mol. The average molecular weight is 286 g/mol. The van der Waals surface area contributed by atoms with Crippen LogP contribution in [0.3, 0.4) is 0 Å². The molecule has 3 heterocycles. The summed E-state index contributed by atoms with van der Waals surface area (Å²) in [6, 6.07) is 3.74. The Balaban J connectivity index is 2.06. The maximum absolute atomic E-state index is 12.6. The number of nitrogens with zero attached hydrogens (tertiary/aromatic N) is 3. The minimum Gasteiger partial charge on any atom is -0.333 e. The number of amides is 1. The molecule has 1 fully saturated rings. The van der Waals surface area contributed by atoms with Crippen molar-refractivity contribution in [2.75, 3.05) is 19.6 Å². The van der Waals surface area contributed by atoms with E-state index in [-0.39, 0.29) is 23.1 Å². The molecule has 21 heavy (non-hydrogen) atoms. The summed E-state index contributed by atoms with van der Waals surface area (Å²) in [5, 5.41) is 3.23. The predicted molar refractivity (Wildman–Crippen MR) is 79.6 cm³/mol. The van der Waals surface area contributed by atoms with Crippen LogP contribution in [0.2, 0.25) is 0 Å². The van der Waals surface area contributed by atoms with Crippen LogP contribution in [0, 0.1) is 6.92 Å². The van der Waals surface area contributed by atoms with E-state index in [9.17, 15) is 9.59 Å². The number of nitrogens with one attached hydrogen (secondary N) is 1. The van der Waals surface area contributed by atoms with Crippen LogP contribution in [0.4, 0.5) is 0 Å². The van der Waals surface area contributed by atoms with E-state index in [2.05, 4.69) is 10.3 Å². The normalized spacial score (nSPS) is 19.0. The second-order valence-corrected chi connectivity index (χ2v) is 5.46. The van der Waals surface area contributed by atoms with Gasteiger partial charge in [0, 0.05) is 38.1 Å². The largest absolute Gasteiger partial charge is 0.333 e. The van der Waals surface area contributed by atoms with Crippen LogP contribution in [0.1, 0.15) is 22.8 Å². The molecule has 1 aliphatic heterocycles. The summed E-state index contributed by atoms with van der Waals surface area (Å²) in [5.41, 5.74) is 1.33. The molecule has 0 radical (unpaired) electrons. The molecule has 0 aliphatic carbocycles. The smallest absolute Gasteiger partial charge is 0.270 e. The van der Waals surface area contributed by atoms with Gasteiger partial charge in [0.15, 0.2) is 0 Å². The monoisotopic (exact) mass is 286 g/mol. The van der Waals surface area contributed by atoms with E-state index in [4.69, 9.17) is 0 Å². The first kappa shape index (κ1) is 13.8. The van der Waals surface area contributed by atoms with Gasteiger partial charge in [-0.25, -0.2) is 4.98 Å². The maximum Gasteiger partial charge on any atom is 0.270 e. The van der Waals surface area contributed by atoms with E-state index in [1.165, 1.54) is 10.6 Å². The standard InChI is InChI=1S/C15H18N4O2/c1-10-3-4-13-17-8-12(15(21)19(13)9-10)14(20)18-6-5-16-7-11(18)2/h3-4,8-9,11,16H,5-7H2,1-2H3/t11-/m0/s1. The van der Waals surface area contributed by atoms with Crippen LogP contribution in [0.15, 0.2) is 29.3 Å². The number of hydrogen-bond acceptors (Lipinski definition) is 4. The van der Waals surface area contributed by atoms with Crippen molar-refractivity contribution >= 4 is 11.6 Å². The lowest BCUT2D eigenvalue weighted by molar-refractivity contribution is 0.0653. The van der Waals surface area contributed by atoms with Crippen LogP contribution < -0.4 is 10.9 Å². The molecule has 0 bridgehead atoms. The van der Waals surface area contributed by atoms with Gasteiger partial charge in [0.1, 0.15) is 11.2 Å². The Morgan fingerprint density at radius 3 is 3.00 bits per heavy atom. The predicted octanol–water partition coefficient (Wildman–Crippen LogP) is 0.437. The Labute approximate surface area is 122 Å². The molecule has 6 nitrogen and oxygen atoms in total. The van der Waals surface area contributed by atoms with E-state index in [1.807, 2.05) is 19.9 Å². The van der Waals surface area contributed by atoms with Gasteiger partial charge in [0.2, 0.25) is 0 Å². The zero-order chi connectivity index (χ0) is 15.0. The third-order valence-electron chi connectivity index (χ3n) is 3.84. The van der Waals surface area contributed by atoms with E-state index in [1.54, 1.807) is 17.2 Å². The number of pyridine rings is 1. The molecule has 0 saturated carbocycles. The summed E-state index contributed by atoms with van der Waals surface area (Å²) >= 11 is 0. The lowest BCUT2D eigenvalue weighted by atomic mass is 10.1. The minimum absolute atomic E-state index is 0.0730. The van der Waals surface area contributed by atoms with Gasteiger partial charge in [0.05, 0.1) is 0 Å². The second-order valence-electron chi connectivity index (χ2n) is 5.46. The van der Waals surface area contributed by atoms with Crippen molar-refractivity contribution in [1.82, 2.24) is 19.6 Å². The molecule has 3 rings (SSSR count). The Kier molecular flexibility index (Phi) is 3.47. The lowest BCUT2D eigenvalue weighted by Crippen LogP contribution is -2.53. The Morgan fingerprint density at radius 2 is 2.24 bits per heavy atom. The first-order valence-electron chi connectivity index (χ1n) is 7.07. The Hall–Kier alpha value is -2.21. The molecular formula is C15H18N4O2. The topological polar surface area (TPSA) is 66.7 Å². The Bertz CT molecular complexity index is 753. The van der Waals surface area contributed by atoms with E-state index >= 15 is 0 Å². The number of aryl methyl sites for hydroxylation is 1. The van der Waals surface area contributed by atoms with Crippen LogP contribution in [-0.2, 0) is 0 Å². The van der Waals surface area contributed by atoms with Crippen LogP contribution >= 0.6 is 0 Å². The van der Waals surface area contributed by atoms with E-state index < -0.39 is 0 Å². The SMILES string of the molecule is Cc1ccc2ncc(C(=O)N3CCNC[C@@H]3C)c(=O)n2c1. The fourth-order valence-electron chi connectivity index (χ4n) is 2.63. The molecule has 0 aromatic carbocycles. The zero-order valence-electron chi connectivity index (χ0n) is 12.2.